The van der Waals surface area contributed by atoms with Crippen molar-refractivity contribution in [2.45, 2.75) is 31.5 Å². The molecule has 1 aliphatic carbocycles. The van der Waals surface area contributed by atoms with E-state index in [0.29, 0.717) is 6.54 Å². The molecule has 3 fully saturated rings. The molecule has 0 aromatic carbocycles. The van der Waals surface area contributed by atoms with Crippen LogP contribution in [0.4, 0.5) is 0 Å². The lowest BCUT2D eigenvalue weighted by Gasteiger charge is -2.44. The molecular weight excluding hydrogens is 320 g/mol. The van der Waals surface area contributed by atoms with Crippen molar-refractivity contribution < 1.29 is 13.2 Å². The van der Waals surface area contributed by atoms with Gasteiger partial charge in [0.05, 0.1) is 17.5 Å². The van der Waals surface area contributed by atoms with E-state index in [1.807, 2.05) is 10.3 Å². The lowest BCUT2D eigenvalue weighted by Crippen LogP contribution is -2.60. The van der Waals surface area contributed by atoms with Gasteiger partial charge in [0, 0.05) is 31.6 Å². The second-order valence-corrected chi connectivity index (χ2v) is 9.55. The highest BCUT2D eigenvalue weighted by Crippen LogP contribution is 2.35. The molecule has 1 saturated carbocycles. The lowest BCUT2D eigenvalue weighted by atomic mass is 10.0. The molecule has 3 aliphatic rings. The monoisotopic (exact) mass is 340 g/mol. The minimum absolute atomic E-state index is 0.0404. The van der Waals surface area contributed by atoms with Gasteiger partial charge in [-0.15, -0.1) is 0 Å². The van der Waals surface area contributed by atoms with Crippen molar-refractivity contribution in [1.29, 1.82) is 0 Å². The van der Waals surface area contributed by atoms with E-state index in [9.17, 15) is 13.2 Å². The van der Waals surface area contributed by atoms with Crippen molar-refractivity contribution in [1.82, 2.24) is 9.80 Å². The Morgan fingerprint density at radius 1 is 1.23 bits per heavy atom. The average molecular weight is 340 g/mol. The van der Waals surface area contributed by atoms with Crippen molar-refractivity contribution in [3.8, 4) is 0 Å². The fourth-order valence-electron chi connectivity index (χ4n) is 3.68. The number of amides is 1. The van der Waals surface area contributed by atoms with Gasteiger partial charge in [-0.2, -0.15) is 11.3 Å². The normalized spacial score (nSPS) is 31.2. The zero-order valence-electron chi connectivity index (χ0n) is 12.3. The lowest BCUT2D eigenvalue weighted by molar-refractivity contribution is -0.138. The number of nitrogens with zero attached hydrogens (tertiary/aromatic N) is 2. The Bertz CT molecular complexity index is 667. The summed E-state index contributed by atoms with van der Waals surface area (Å²) in [6.07, 6.45) is 1.94. The Balaban J connectivity index is 1.56. The van der Waals surface area contributed by atoms with Gasteiger partial charge in [0.1, 0.15) is 0 Å². The minimum atomic E-state index is -3.05. The molecule has 1 aromatic heterocycles. The molecule has 5 nitrogen and oxygen atoms in total. The van der Waals surface area contributed by atoms with Gasteiger partial charge in [-0.25, -0.2) is 8.42 Å². The number of hydrogen-bond donors (Lipinski definition) is 0. The Morgan fingerprint density at radius 2 is 2.00 bits per heavy atom. The number of hydrogen-bond acceptors (Lipinski definition) is 5. The van der Waals surface area contributed by atoms with Crippen LogP contribution in [0.15, 0.2) is 16.8 Å². The molecule has 0 N–H and O–H groups in total. The summed E-state index contributed by atoms with van der Waals surface area (Å²) in [6, 6.07) is 1.90. The highest BCUT2D eigenvalue weighted by atomic mass is 32.2. The van der Waals surface area contributed by atoms with Crippen LogP contribution in [0.3, 0.4) is 0 Å². The first-order chi connectivity index (χ1) is 10.5. The fourth-order valence-corrected chi connectivity index (χ4v) is 6.35. The highest BCUT2D eigenvalue weighted by molar-refractivity contribution is 7.91. The summed E-state index contributed by atoms with van der Waals surface area (Å²) in [6.45, 7) is 2.22. The smallest absolute Gasteiger partial charge is 0.226 e. The molecule has 0 spiro atoms. The molecule has 2 saturated heterocycles. The van der Waals surface area contributed by atoms with Crippen LogP contribution in [0, 0.1) is 5.92 Å². The van der Waals surface area contributed by atoms with E-state index < -0.39 is 9.84 Å². The third-order valence-corrected chi connectivity index (χ3v) is 7.40. The molecule has 0 radical (unpaired) electrons. The number of carbonyl (C=O) groups excluding carboxylic acids is 1. The summed E-state index contributed by atoms with van der Waals surface area (Å²) in [5.41, 5.74) is 1.23. The van der Waals surface area contributed by atoms with Crippen LogP contribution < -0.4 is 0 Å². The van der Waals surface area contributed by atoms with E-state index in [1.165, 1.54) is 5.56 Å². The van der Waals surface area contributed by atoms with E-state index in [-0.39, 0.29) is 35.4 Å². The molecule has 2 unspecified atom stereocenters. The Labute approximate surface area is 134 Å². The maximum absolute atomic E-state index is 12.5. The summed E-state index contributed by atoms with van der Waals surface area (Å²) in [4.78, 5) is 16.6. The van der Waals surface area contributed by atoms with Crippen molar-refractivity contribution in [3.05, 3.63) is 22.4 Å². The molecule has 1 amide bonds. The maximum atomic E-state index is 12.5. The van der Waals surface area contributed by atoms with Crippen LogP contribution in [0.1, 0.15) is 18.4 Å². The van der Waals surface area contributed by atoms with Crippen molar-refractivity contribution in [3.63, 3.8) is 0 Å². The summed E-state index contributed by atoms with van der Waals surface area (Å²) >= 11 is 1.66. The zero-order valence-corrected chi connectivity index (χ0v) is 14.0. The minimum Gasteiger partial charge on any atom is -0.336 e. The van der Waals surface area contributed by atoms with Crippen LogP contribution in [0.2, 0.25) is 0 Å². The van der Waals surface area contributed by atoms with E-state index >= 15 is 0 Å². The van der Waals surface area contributed by atoms with Gasteiger partial charge in [0.2, 0.25) is 5.91 Å². The molecule has 2 atom stereocenters. The van der Waals surface area contributed by atoms with Crippen LogP contribution in [-0.4, -0.2) is 60.8 Å². The van der Waals surface area contributed by atoms with Crippen molar-refractivity contribution in [2.24, 2.45) is 5.92 Å². The van der Waals surface area contributed by atoms with Gasteiger partial charge >= 0.3 is 0 Å². The molecule has 2 aliphatic heterocycles. The van der Waals surface area contributed by atoms with Gasteiger partial charge < -0.3 is 4.90 Å². The second-order valence-electron chi connectivity index (χ2n) is 6.62. The van der Waals surface area contributed by atoms with Crippen molar-refractivity contribution >= 4 is 27.1 Å². The maximum Gasteiger partial charge on any atom is 0.226 e. The van der Waals surface area contributed by atoms with Gasteiger partial charge in [-0.3, -0.25) is 9.69 Å². The number of fused-ring (bicyclic) bond motifs is 1. The van der Waals surface area contributed by atoms with Gasteiger partial charge in [0.25, 0.3) is 0 Å². The summed E-state index contributed by atoms with van der Waals surface area (Å²) < 4.78 is 24.3. The topological polar surface area (TPSA) is 57.7 Å². The largest absolute Gasteiger partial charge is 0.336 e. The Hall–Kier alpha value is -0.920. The van der Waals surface area contributed by atoms with Crippen LogP contribution >= 0.6 is 11.3 Å². The number of piperazine rings is 1. The molecular formula is C15H20N2O3S2. The third-order valence-electron chi connectivity index (χ3n) is 4.97. The Kier molecular flexibility index (Phi) is 3.54. The van der Waals surface area contributed by atoms with Gasteiger partial charge in [-0.05, 0) is 35.2 Å². The number of carbonyl (C=O) groups is 1. The highest BCUT2D eigenvalue weighted by Gasteiger charge is 2.49. The molecule has 120 valence electrons. The van der Waals surface area contributed by atoms with E-state index in [4.69, 9.17) is 0 Å². The van der Waals surface area contributed by atoms with Crippen LogP contribution in [0.25, 0.3) is 0 Å². The van der Waals surface area contributed by atoms with Crippen LogP contribution in [-0.2, 0) is 21.2 Å². The molecule has 1 aromatic rings. The fraction of sp³-hybridized carbons (Fsp3) is 0.667. The third kappa shape index (κ3) is 2.70. The molecule has 7 heteroatoms. The van der Waals surface area contributed by atoms with Gasteiger partial charge in [-0.1, -0.05) is 0 Å². The zero-order chi connectivity index (χ0) is 15.3. The first-order valence-electron chi connectivity index (χ1n) is 7.79. The summed E-state index contributed by atoms with van der Waals surface area (Å²) in [7, 11) is -3.05. The number of thiophene rings is 1. The molecule has 22 heavy (non-hydrogen) atoms. The number of rotatable bonds is 3. The molecule has 4 rings (SSSR count). The van der Waals surface area contributed by atoms with E-state index in [2.05, 4.69) is 16.3 Å². The summed E-state index contributed by atoms with van der Waals surface area (Å²) in [5, 5.41) is 4.16. The van der Waals surface area contributed by atoms with Crippen LogP contribution in [0.5, 0.6) is 0 Å². The Morgan fingerprint density at radius 3 is 2.68 bits per heavy atom. The van der Waals surface area contributed by atoms with E-state index in [0.717, 1.165) is 25.9 Å². The molecule has 0 bridgehead atoms. The quantitative estimate of drug-likeness (QED) is 0.823. The average Bonchev–Trinajstić information content (AvgIpc) is 3.09. The summed E-state index contributed by atoms with van der Waals surface area (Å²) in [5.74, 6) is 0.668. The predicted octanol–water partition coefficient (Wildman–Crippen LogP) is 0.968. The predicted molar refractivity (Wildman–Crippen MR) is 85.4 cm³/mol. The molecule has 3 heterocycles. The second kappa shape index (κ2) is 5.32. The van der Waals surface area contributed by atoms with Crippen molar-refractivity contribution in [2.75, 3.05) is 24.6 Å². The van der Waals surface area contributed by atoms with Gasteiger partial charge in [0.15, 0.2) is 9.84 Å². The number of sulfone groups is 1. The first-order valence-corrected chi connectivity index (χ1v) is 10.6. The van der Waals surface area contributed by atoms with E-state index in [1.54, 1.807) is 11.3 Å². The standard InChI is InChI=1S/C15H20N2O3S2/c18-15(12-1-2-12)17-5-4-16(7-11-3-6-21-8-11)13-9-22(19,20)10-14(13)17/h3,6,8,12-14H,1-2,4-5,7,9-10H2. The first kappa shape index (κ1) is 14.7. The SMILES string of the molecule is O=C(C1CC1)N1CCN(Cc2ccsc2)C2CS(=O)(=O)CC21.